The summed E-state index contributed by atoms with van der Waals surface area (Å²) in [6.45, 7) is 1.58. The number of amides is 1. The van der Waals surface area contributed by atoms with Gasteiger partial charge in [0, 0.05) is 12.1 Å². The minimum Gasteiger partial charge on any atom is -0.504 e. The normalized spacial score (nSPS) is 11.8. The van der Waals surface area contributed by atoms with Crippen LogP contribution in [0.3, 0.4) is 0 Å². The van der Waals surface area contributed by atoms with Crippen molar-refractivity contribution in [3.8, 4) is 11.5 Å². The molecule has 6 heteroatoms. The second kappa shape index (κ2) is 10.8. The summed E-state index contributed by atoms with van der Waals surface area (Å²) in [5, 5.41) is 12.4. The highest BCUT2D eigenvalue weighted by molar-refractivity contribution is 5.89. The maximum atomic E-state index is 11.9. The van der Waals surface area contributed by atoms with Crippen molar-refractivity contribution >= 4 is 18.0 Å². The summed E-state index contributed by atoms with van der Waals surface area (Å²) >= 11 is 0. The molecule has 0 bridgehead atoms. The first kappa shape index (κ1) is 21.0. The van der Waals surface area contributed by atoms with Crippen molar-refractivity contribution in [2.45, 2.75) is 25.8 Å². The number of hydrogen-bond acceptors (Lipinski definition) is 5. The Morgan fingerprint density at radius 2 is 1.93 bits per heavy atom. The molecule has 2 aromatic carbocycles. The highest BCUT2D eigenvalue weighted by atomic mass is 16.5. The fourth-order valence-corrected chi connectivity index (χ4v) is 2.56. The van der Waals surface area contributed by atoms with Gasteiger partial charge in [0.05, 0.1) is 7.11 Å². The molecule has 148 valence electrons. The van der Waals surface area contributed by atoms with E-state index in [0.29, 0.717) is 11.3 Å². The number of benzene rings is 2. The Morgan fingerprint density at radius 1 is 1.18 bits per heavy atom. The van der Waals surface area contributed by atoms with Gasteiger partial charge in [-0.2, -0.15) is 0 Å². The number of aryl methyl sites for hydroxylation is 1. The van der Waals surface area contributed by atoms with Gasteiger partial charge in [0.25, 0.3) is 5.91 Å². The molecule has 0 aromatic heterocycles. The molecule has 2 rings (SSSR count). The number of carbonyl (C=O) groups is 2. The van der Waals surface area contributed by atoms with Crippen LogP contribution in [0.2, 0.25) is 0 Å². The highest BCUT2D eigenvalue weighted by Gasteiger charge is 2.09. The number of ether oxygens (including phenoxy) is 2. The second-order valence-corrected chi connectivity index (χ2v) is 6.37. The number of aromatic hydroxyl groups is 1. The zero-order valence-electron chi connectivity index (χ0n) is 16.1. The van der Waals surface area contributed by atoms with Crippen molar-refractivity contribution in [1.82, 2.24) is 5.32 Å². The monoisotopic (exact) mass is 383 g/mol. The Kier molecular flexibility index (Phi) is 8.09. The van der Waals surface area contributed by atoms with E-state index >= 15 is 0 Å². The molecule has 2 N–H and O–H groups in total. The molecule has 0 aliphatic carbocycles. The van der Waals surface area contributed by atoms with Gasteiger partial charge in [0.1, 0.15) is 0 Å². The van der Waals surface area contributed by atoms with Crippen molar-refractivity contribution in [3.05, 3.63) is 65.7 Å². The van der Waals surface area contributed by atoms with Crippen LogP contribution in [0, 0.1) is 0 Å². The molecule has 0 aliphatic heterocycles. The van der Waals surface area contributed by atoms with Crippen LogP contribution in [-0.2, 0) is 20.7 Å². The maximum Gasteiger partial charge on any atom is 0.331 e. The molecule has 0 heterocycles. The first-order valence-corrected chi connectivity index (χ1v) is 9.03. The SMILES string of the molecule is COc1cc(/C=C/C(=O)OCC(=O)NC(C)CCc2ccccc2)ccc1O. The van der Waals surface area contributed by atoms with Crippen LogP contribution >= 0.6 is 0 Å². The van der Waals surface area contributed by atoms with Gasteiger partial charge < -0.3 is 19.9 Å². The molecule has 0 fully saturated rings. The lowest BCUT2D eigenvalue weighted by Gasteiger charge is -2.13. The summed E-state index contributed by atoms with van der Waals surface area (Å²) in [5.41, 5.74) is 1.87. The standard InChI is InChI=1S/C22H25NO5/c1-16(8-9-17-6-4-3-5-7-17)23-21(25)15-28-22(26)13-11-18-10-12-19(24)20(14-18)27-2/h3-7,10-14,16,24H,8-9,15H2,1-2H3,(H,23,25)/b13-11+. The third kappa shape index (κ3) is 7.15. The molecule has 0 spiro atoms. The average molecular weight is 383 g/mol. The van der Waals surface area contributed by atoms with Crippen molar-refractivity contribution in [2.24, 2.45) is 0 Å². The number of methoxy groups -OCH3 is 1. The molecule has 1 unspecified atom stereocenters. The molecule has 0 radical (unpaired) electrons. The van der Waals surface area contributed by atoms with Gasteiger partial charge in [-0.25, -0.2) is 4.79 Å². The lowest BCUT2D eigenvalue weighted by molar-refractivity contribution is -0.144. The number of hydrogen-bond donors (Lipinski definition) is 2. The van der Waals surface area contributed by atoms with Crippen LogP contribution in [0.15, 0.2) is 54.6 Å². The molecule has 0 saturated carbocycles. The predicted octanol–water partition coefficient (Wildman–Crippen LogP) is 3.09. The van der Waals surface area contributed by atoms with Crippen LogP contribution < -0.4 is 10.1 Å². The fraction of sp³-hybridized carbons (Fsp3) is 0.273. The van der Waals surface area contributed by atoms with Crippen LogP contribution in [-0.4, -0.2) is 36.7 Å². The summed E-state index contributed by atoms with van der Waals surface area (Å²) in [5.74, 6) is -0.646. The number of phenolic OH excluding ortho intramolecular Hbond substituents is 1. The summed E-state index contributed by atoms with van der Waals surface area (Å²) in [6.07, 6.45) is 4.40. The second-order valence-electron chi connectivity index (χ2n) is 6.37. The Bertz CT molecular complexity index is 817. The molecule has 28 heavy (non-hydrogen) atoms. The molecule has 1 atom stereocenters. The highest BCUT2D eigenvalue weighted by Crippen LogP contribution is 2.26. The number of nitrogens with one attached hydrogen (secondary N) is 1. The summed E-state index contributed by atoms with van der Waals surface area (Å²) in [6, 6.07) is 14.7. The summed E-state index contributed by atoms with van der Waals surface area (Å²) < 4.78 is 9.95. The summed E-state index contributed by atoms with van der Waals surface area (Å²) in [7, 11) is 1.44. The molecule has 1 amide bonds. The number of esters is 1. The van der Waals surface area contributed by atoms with Crippen LogP contribution in [0.1, 0.15) is 24.5 Å². The van der Waals surface area contributed by atoms with Gasteiger partial charge >= 0.3 is 5.97 Å². The van der Waals surface area contributed by atoms with E-state index in [1.165, 1.54) is 30.9 Å². The van der Waals surface area contributed by atoms with Gasteiger partial charge in [0.15, 0.2) is 18.1 Å². The van der Waals surface area contributed by atoms with E-state index in [1.54, 1.807) is 12.1 Å². The zero-order chi connectivity index (χ0) is 20.4. The van der Waals surface area contributed by atoms with E-state index in [9.17, 15) is 14.7 Å². The molecular formula is C22H25NO5. The Labute approximate surface area is 164 Å². The van der Waals surface area contributed by atoms with Gasteiger partial charge in [-0.15, -0.1) is 0 Å². The quantitative estimate of drug-likeness (QED) is 0.513. The van der Waals surface area contributed by atoms with Crippen LogP contribution in [0.4, 0.5) is 0 Å². The van der Waals surface area contributed by atoms with E-state index in [-0.39, 0.29) is 24.3 Å². The van der Waals surface area contributed by atoms with Gasteiger partial charge in [0.2, 0.25) is 0 Å². The van der Waals surface area contributed by atoms with E-state index in [1.807, 2.05) is 37.3 Å². The van der Waals surface area contributed by atoms with E-state index in [0.717, 1.165) is 12.8 Å². The van der Waals surface area contributed by atoms with Crippen molar-refractivity contribution in [3.63, 3.8) is 0 Å². The Morgan fingerprint density at radius 3 is 2.64 bits per heavy atom. The van der Waals surface area contributed by atoms with Gasteiger partial charge in [-0.05, 0) is 49.1 Å². The Balaban J connectivity index is 1.72. The smallest absolute Gasteiger partial charge is 0.331 e. The largest absolute Gasteiger partial charge is 0.504 e. The minimum absolute atomic E-state index is 0.0141. The summed E-state index contributed by atoms with van der Waals surface area (Å²) in [4.78, 5) is 23.7. The molecule has 0 saturated heterocycles. The predicted molar refractivity (Wildman–Crippen MR) is 107 cm³/mol. The van der Waals surface area contributed by atoms with Crippen molar-refractivity contribution in [2.75, 3.05) is 13.7 Å². The molecule has 0 aliphatic rings. The minimum atomic E-state index is -0.626. The number of carbonyl (C=O) groups excluding carboxylic acids is 2. The first-order valence-electron chi connectivity index (χ1n) is 9.03. The topological polar surface area (TPSA) is 84.9 Å². The fourth-order valence-electron chi connectivity index (χ4n) is 2.56. The van der Waals surface area contributed by atoms with E-state index in [4.69, 9.17) is 9.47 Å². The van der Waals surface area contributed by atoms with E-state index in [2.05, 4.69) is 5.32 Å². The van der Waals surface area contributed by atoms with Crippen LogP contribution in [0.25, 0.3) is 6.08 Å². The van der Waals surface area contributed by atoms with Crippen LogP contribution in [0.5, 0.6) is 11.5 Å². The van der Waals surface area contributed by atoms with E-state index < -0.39 is 5.97 Å². The Hall–Kier alpha value is -3.28. The van der Waals surface area contributed by atoms with Gasteiger partial charge in [-0.1, -0.05) is 36.4 Å². The number of rotatable bonds is 9. The zero-order valence-corrected chi connectivity index (χ0v) is 16.1. The molecule has 6 nitrogen and oxygen atoms in total. The lowest BCUT2D eigenvalue weighted by Crippen LogP contribution is -2.36. The van der Waals surface area contributed by atoms with Gasteiger partial charge in [-0.3, -0.25) is 4.79 Å². The third-order valence-electron chi connectivity index (χ3n) is 4.08. The first-order chi connectivity index (χ1) is 13.5. The van der Waals surface area contributed by atoms with Crippen molar-refractivity contribution < 1.29 is 24.2 Å². The molecular weight excluding hydrogens is 358 g/mol. The maximum absolute atomic E-state index is 11.9. The number of phenols is 1. The molecule has 2 aromatic rings. The van der Waals surface area contributed by atoms with Crippen molar-refractivity contribution in [1.29, 1.82) is 0 Å². The third-order valence-corrected chi connectivity index (χ3v) is 4.08. The lowest BCUT2D eigenvalue weighted by atomic mass is 10.1. The average Bonchev–Trinajstić information content (AvgIpc) is 2.71.